The van der Waals surface area contributed by atoms with E-state index in [4.69, 9.17) is 9.47 Å². The number of hydrogen-bond acceptors (Lipinski definition) is 7. The average Bonchev–Trinajstić information content (AvgIpc) is 3.07. The number of ether oxygens (including phenoxy) is 2. The lowest BCUT2D eigenvalue weighted by Gasteiger charge is -2.11. The molecule has 1 aromatic carbocycles. The number of esters is 1. The molecule has 7 nitrogen and oxygen atoms in total. The molecular formula is C14H16N4O3S. The summed E-state index contributed by atoms with van der Waals surface area (Å²) in [5.74, 6) is 0.478. The topological polar surface area (TPSA) is 79.1 Å². The van der Waals surface area contributed by atoms with Crippen LogP contribution in [0.25, 0.3) is 5.69 Å². The third kappa shape index (κ3) is 2.92. The van der Waals surface area contributed by atoms with Gasteiger partial charge in [0, 0.05) is 6.42 Å². The lowest BCUT2D eigenvalue weighted by Crippen LogP contribution is -2.11. The molecule has 2 atom stereocenters. The maximum atomic E-state index is 11.8. The van der Waals surface area contributed by atoms with E-state index in [1.165, 1.54) is 11.8 Å². The van der Waals surface area contributed by atoms with Crippen LogP contribution in [0.5, 0.6) is 5.75 Å². The average molecular weight is 320 g/mol. The zero-order valence-electron chi connectivity index (χ0n) is 12.3. The summed E-state index contributed by atoms with van der Waals surface area (Å²) in [5, 5.41) is 12.0. The Morgan fingerprint density at radius 3 is 3.00 bits per heavy atom. The summed E-state index contributed by atoms with van der Waals surface area (Å²) in [6, 6.07) is 7.52. The van der Waals surface area contributed by atoms with Crippen LogP contribution in [0.2, 0.25) is 0 Å². The molecule has 2 aromatic rings. The van der Waals surface area contributed by atoms with E-state index in [2.05, 4.69) is 15.5 Å². The Bertz CT molecular complexity index is 676. The van der Waals surface area contributed by atoms with E-state index in [0.29, 0.717) is 23.9 Å². The number of carbonyl (C=O) groups is 1. The molecule has 1 saturated heterocycles. The van der Waals surface area contributed by atoms with Gasteiger partial charge in [-0.25, -0.2) is 0 Å². The summed E-state index contributed by atoms with van der Waals surface area (Å²) >= 11 is 1.31. The van der Waals surface area contributed by atoms with Gasteiger partial charge in [-0.05, 0) is 36.4 Å². The van der Waals surface area contributed by atoms with Crippen molar-refractivity contribution in [2.24, 2.45) is 0 Å². The largest absolute Gasteiger partial charge is 0.492 e. The fourth-order valence-corrected chi connectivity index (χ4v) is 3.35. The molecule has 0 unspecified atom stereocenters. The molecule has 0 radical (unpaired) electrons. The van der Waals surface area contributed by atoms with Crippen molar-refractivity contribution < 1.29 is 14.3 Å². The molecule has 22 heavy (non-hydrogen) atoms. The highest BCUT2D eigenvalue weighted by Gasteiger charge is 2.34. The Morgan fingerprint density at radius 2 is 2.27 bits per heavy atom. The molecule has 3 rings (SSSR count). The summed E-state index contributed by atoms with van der Waals surface area (Å²) in [6.45, 7) is 4.35. The van der Waals surface area contributed by atoms with Crippen molar-refractivity contribution in [2.75, 3.05) is 6.61 Å². The van der Waals surface area contributed by atoms with E-state index in [1.54, 1.807) is 4.68 Å². The van der Waals surface area contributed by atoms with E-state index in [1.807, 2.05) is 38.1 Å². The Labute approximate surface area is 132 Å². The number of carbonyl (C=O) groups excluding carboxylic acids is 1. The molecule has 1 aromatic heterocycles. The summed E-state index contributed by atoms with van der Waals surface area (Å²) in [4.78, 5) is 11.8. The van der Waals surface area contributed by atoms with Crippen LogP contribution in [0.3, 0.4) is 0 Å². The maximum Gasteiger partial charge on any atom is 0.319 e. The number of hydrogen-bond donors (Lipinski definition) is 0. The lowest BCUT2D eigenvalue weighted by molar-refractivity contribution is -0.140. The molecule has 1 fully saturated rings. The van der Waals surface area contributed by atoms with Crippen LogP contribution in [0.1, 0.15) is 20.3 Å². The predicted octanol–water partition coefficient (Wildman–Crippen LogP) is 1.86. The fourth-order valence-electron chi connectivity index (χ4n) is 2.26. The minimum atomic E-state index is -0.279. The highest BCUT2D eigenvalue weighted by Crippen LogP contribution is 2.33. The molecule has 8 heteroatoms. The van der Waals surface area contributed by atoms with Crippen molar-refractivity contribution in [3.8, 4) is 11.4 Å². The second kappa shape index (κ2) is 6.35. The second-order valence-corrected chi connectivity index (χ2v) is 6.03. The van der Waals surface area contributed by atoms with Gasteiger partial charge in [-0.3, -0.25) is 4.79 Å². The number of thioether (sulfide) groups is 1. The van der Waals surface area contributed by atoms with E-state index in [0.717, 1.165) is 5.69 Å². The zero-order chi connectivity index (χ0) is 15.5. The molecule has 0 amide bonds. The van der Waals surface area contributed by atoms with E-state index < -0.39 is 0 Å². The Morgan fingerprint density at radius 1 is 1.45 bits per heavy atom. The van der Waals surface area contributed by atoms with Crippen molar-refractivity contribution in [2.45, 2.75) is 36.8 Å². The first-order chi connectivity index (χ1) is 10.7. The second-order valence-electron chi connectivity index (χ2n) is 4.86. The van der Waals surface area contributed by atoms with Crippen molar-refractivity contribution in [3.63, 3.8) is 0 Å². The molecule has 2 heterocycles. The number of para-hydroxylation sites is 2. The van der Waals surface area contributed by atoms with Gasteiger partial charge < -0.3 is 9.47 Å². The number of rotatable bonds is 5. The fraction of sp³-hybridized carbons (Fsp3) is 0.429. The van der Waals surface area contributed by atoms with Gasteiger partial charge in [0.05, 0.1) is 6.61 Å². The minimum Gasteiger partial charge on any atom is -0.492 e. The first-order valence-electron chi connectivity index (χ1n) is 7.06. The zero-order valence-corrected chi connectivity index (χ0v) is 13.1. The Balaban J connectivity index is 1.88. The van der Waals surface area contributed by atoms with Gasteiger partial charge in [-0.15, -0.1) is 5.10 Å². The Hall–Kier alpha value is -2.09. The molecular weight excluding hydrogens is 304 g/mol. The van der Waals surface area contributed by atoms with Crippen LogP contribution in [0.4, 0.5) is 0 Å². The lowest BCUT2D eigenvalue weighted by atomic mass is 10.3. The number of aromatic nitrogens is 4. The number of cyclic esters (lactones) is 1. The van der Waals surface area contributed by atoms with Gasteiger partial charge in [0.2, 0.25) is 5.16 Å². The third-order valence-electron chi connectivity index (χ3n) is 3.21. The van der Waals surface area contributed by atoms with Gasteiger partial charge in [0.15, 0.2) is 0 Å². The van der Waals surface area contributed by atoms with Gasteiger partial charge in [-0.2, -0.15) is 4.68 Å². The smallest absolute Gasteiger partial charge is 0.319 e. The highest BCUT2D eigenvalue weighted by molar-refractivity contribution is 8.00. The van der Waals surface area contributed by atoms with E-state index in [9.17, 15) is 4.79 Å². The summed E-state index contributed by atoms with van der Waals surface area (Å²) in [7, 11) is 0. The van der Waals surface area contributed by atoms with Crippen molar-refractivity contribution in [1.29, 1.82) is 0 Å². The first-order valence-corrected chi connectivity index (χ1v) is 7.94. The van der Waals surface area contributed by atoms with Crippen LogP contribution in [0.15, 0.2) is 29.4 Å². The summed E-state index contributed by atoms with van der Waals surface area (Å²) in [5.41, 5.74) is 0.747. The molecule has 0 aliphatic carbocycles. The van der Waals surface area contributed by atoms with Crippen LogP contribution >= 0.6 is 11.8 Å². The van der Waals surface area contributed by atoms with Crippen LogP contribution in [-0.4, -0.2) is 44.1 Å². The van der Waals surface area contributed by atoms with Crippen molar-refractivity contribution >= 4 is 17.7 Å². The molecule has 0 spiro atoms. The van der Waals surface area contributed by atoms with Gasteiger partial charge in [0.25, 0.3) is 0 Å². The molecule has 1 aliphatic heterocycles. The molecule has 0 bridgehead atoms. The van der Waals surface area contributed by atoms with Gasteiger partial charge in [0.1, 0.15) is 22.8 Å². The van der Waals surface area contributed by atoms with Crippen molar-refractivity contribution in [1.82, 2.24) is 20.2 Å². The van der Waals surface area contributed by atoms with Gasteiger partial charge in [-0.1, -0.05) is 23.9 Å². The predicted molar refractivity (Wildman–Crippen MR) is 80.1 cm³/mol. The van der Waals surface area contributed by atoms with Crippen LogP contribution < -0.4 is 4.74 Å². The monoisotopic (exact) mass is 320 g/mol. The third-order valence-corrected chi connectivity index (χ3v) is 4.34. The quantitative estimate of drug-likeness (QED) is 0.778. The summed E-state index contributed by atoms with van der Waals surface area (Å²) in [6.07, 6.45) is 0.591. The van der Waals surface area contributed by atoms with Crippen LogP contribution in [0, 0.1) is 0 Å². The molecule has 0 N–H and O–H groups in total. The first kappa shape index (κ1) is 14.8. The summed E-state index contributed by atoms with van der Waals surface area (Å²) < 4.78 is 12.4. The minimum absolute atomic E-state index is 0.0648. The molecule has 116 valence electrons. The number of tetrazole rings is 1. The number of nitrogens with zero attached hydrogens (tertiary/aromatic N) is 4. The Kier molecular flexibility index (Phi) is 4.28. The highest BCUT2D eigenvalue weighted by atomic mass is 32.2. The maximum absolute atomic E-state index is 11.8. The SMILES string of the molecule is CCOc1ccccc1-n1nnnc1S[C@H]1C[C@@H](C)OC1=O. The van der Waals surface area contributed by atoms with E-state index >= 15 is 0 Å². The molecule has 0 saturated carbocycles. The molecule has 1 aliphatic rings. The van der Waals surface area contributed by atoms with E-state index in [-0.39, 0.29) is 17.3 Å². The van der Waals surface area contributed by atoms with Crippen molar-refractivity contribution in [3.05, 3.63) is 24.3 Å². The standard InChI is InChI=1S/C14H16N4O3S/c1-3-20-11-7-5-4-6-10(11)18-14(15-16-17-18)22-12-8-9(2)21-13(12)19/h4-7,9,12H,3,8H2,1-2H3/t9-,12+/m1/s1. The van der Waals surface area contributed by atoms with Gasteiger partial charge >= 0.3 is 5.97 Å². The van der Waals surface area contributed by atoms with Crippen LogP contribution in [-0.2, 0) is 9.53 Å². The normalized spacial score (nSPS) is 20.9. The number of benzene rings is 1.